The average molecular weight is 203 g/mol. The van der Waals surface area contributed by atoms with E-state index in [1.807, 2.05) is 25.1 Å². The zero-order chi connectivity index (χ0) is 10.8. The lowest BCUT2D eigenvalue weighted by Gasteiger charge is -2.09. The first-order valence-electron chi connectivity index (χ1n) is 4.96. The summed E-state index contributed by atoms with van der Waals surface area (Å²) in [6, 6.07) is 7.33. The van der Waals surface area contributed by atoms with Gasteiger partial charge >= 0.3 is 0 Å². The van der Waals surface area contributed by atoms with Gasteiger partial charge in [0.05, 0.1) is 17.4 Å². The topological polar surface area (TPSA) is 60.9 Å². The van der Waals surface area contributed by atoms with E-state index in [9.17, 15) is 4.79 Å². The number of nitrogens with two attached hydrogens (primary N) is 1. The van der Waals surface area contributed by atoms with Crippen molar-refractivity contribution in [3.05, 3.63) is 40.4 Å². The second-order valence-corrected chi connectivity index (χ2v) is 3.30. The quantitative estimate of drug-likeness (QED) is 0.788. The van der Waals surface area contributed by atoms with Crippen molar-refractivity contribution in [3.63, 3.8) is 0 Å². The highest BCUT2D eigenvalue weighted by Gasteiger charge is 2.07. The van der Waals surface area contributed by atoms with Gasteiger partial charge < -0.3 is 5.73 Å². The molecule has 0 amide bonds. The van der Waals surface area contributed by atoms with Crippen LogP contribution in [0.5, 0.6) is 0 Å². The summed E-state index contributed by atoms with van der Waals surface area (Å²) in [5.41, 5.74) is 6.27. The molecule has 0 aliphatic rings. The Morgan fingerprint density at radius 3 is 2.80 bits per heavy atom. The van der Waals surface area contributed by atoms with Gasteiger partial charge in [0.2, 0.25) is 0 Å². The van der Waals surface area contributed by atoms with Crippen molar-refractivity contribution >= 4 is 10.9 Å². The van der Waals surface area contributed by atoms with Gasteiger partial charge in [0.1, 0.15) is 5.82 Å². The Kier molecular flexibility index (Phi) is 2.51. The van der Waals surface area contributed by atoms with Crippen molar-refractivity contribution in [2.45, 2.75) is 20.0 Å². The number of para-hydroxylation sites is 1. The van der Waals surface area contributed by atoms with Crippen LogP contribution in [0.1, 0.15) is 12.7 Å². The maximum atomic E-state index is 12.0. The molecule has 0 fully saturated rings. The molecule has 0 bridgehead atoms. The van der Waals surface area contributed by atoms with Crippen LogP contribution in [0.4, 0.5) is 0 Å². The third-order valence-corrected chi connectivity index (χ3v) is 2.44. The molecule has 1 heterocycles. The van der Waals surface area contributed by atoms with Crippen molar-refractivity contribution in [2.75, 3.05) is 0 Å². The molecule has 0 atom stereocenters. The number of nitrogens with zero attached hydrogens (tertiary/aromatic N) is 2. The van der Waals surface area contributed by atoms with Gasteiger partial charge in [-0.15, -0.1) is 0 Å². The molecule has 2 aromatic rings. The molecular formula is C11H13N3O. The van der Waals surface area contributed by atoms with E-state index in [2.05, 4.69) is 4.98 Å². The summed E-state index contributed by atoms with van der Waals surface area (Å²) in [5.74, 6) is 0.640. The summed E-state index contributed by atoms with van der Waals surface area (Å²) in [4.78, 5) is 16.4. The van der Waals surface area contributed by atoms with Crippen LogP contribution in [-0.2, 0) is 13.1 Å². The molecule has 0 aliphatic carbocycles. The maximum absolute atomic E-state index is 12.0. The van der Waals surface area contributed by atoms with E-state index in [4.69, 9.17) is 5.73 Å². The van der Waals surface area contributed by atoms with Crippen molar-refractivity contribution < 1.29 is 0 Å². The van der Waals surface area contributed by atoms with Crippen molar-refractivity contribution in [3.8, 4) is 0 Å². The lowest BCUT2D eigenvalue weighted by Crippen LogP contribution is -2.26. The van der Waals surface area contributed by atoms with Gasteiger partial charge in [-0.2, -0.15) is 0 Å². The Bertz CT molecular complexity index is 545. The zero-order valence-electron chi connectivity index (χ0n) is 8.60. The second kappa shape index (κ2) is 3.82. The van der Waals surface area contributed by atoms with Crippen LogP contribution in [0.25, 0.3) is 10.9 Å². The minimum Gasteiger partial charge on any atom is -0.324 e. The minimum absolute atomic E-state index is 0.0106. The molecule has 0 saturated carbocycles. The standard InChI is InChI=1S/C11H13N3O/c1-2-14-10(7-12)13-9-6-4-3-5-8(9)11(14)15/h3-6H,2,7,12H2,1H3. The maximum Gasteiger partial charge on any atom is 0.261 e. The number of aromatic nitrogens is 2. The van der Waals surface area contributed by atoms with Crippen LogP contribution in [0.15, 0.2) is 29.1 Å². The van der Waals surface area contributed by atoms with Crippen molar-refractivity contribution in [1.29, 1.82) is 0 Å². The first kappa shape index (κ1) is 9.86. The van der Waals surface area contributed by atoms with Crippen LogP contribution in [0.3, 0.4) is 0 Å². The molecule has 78 valence electrons. The van der Waals surface area contributed by atoms with Gasteiger partial charge in [0.15, 0.2) is 0 Å². The smallest absolute Gasteiger partial charge is 0.261 e. The van der Waals surface area contributed by atoms with E-state index in [1.54, 1.807) is 10.6 Å². The fraction of sp³-hybridized carbons (Fsp3) is 0.273. The summed E-state index contributed by atoms with van der Waals surface area (Å²) in [6.45, 7) is 2.80. The fourth-order valence-corrected chi connectivity index (χ4v) is 1.70. The Morgan fingerprint density at radius 1 is 1.40 bits per heavy atom. The SMILES string of the molecule is CCn1c(CN)nc2ccccc2c1=O. The molecule has 0 radical (unpaired) electrons. The largest absolute Gasteiger partial charge is 0.324 e. The summed E-state index contributed by atoms with van der Waals surface area (Å²) in [7, 11) is 0. The second-order valence-electron chi connectivity index (χ2n) is 3.30. The monoisotopic (exact) mass is 203 g/mol. The molecule has 4 nitrogen and oxygen atoms in total. The number of benzene rings is 1. The number of hydrogen-bond acceptors (Lipinski definition) is 3. The van der Waals surface area contributed by atoms with Crippen molar-refractivity contribution in [1.82, 2.24) is 9.55 Å². The highest BCUT2D eigenvalue weighted by Crippen LogP contribution is 2.07. The molecular weight excluding hydrogens is 190 g/mol. The molecule has 0 aliphatic heterocycles. The van der Waals surface area contributed by atoms with E-state index < -0.39 is 0 Å². The molecule has 0 unspecified atom stereocenters. The summed E-state index contributed by atoms with van der Waals surface area (Å²) in [5, 5.41) is 0.650. The summed E-state index contributed by atoms with van der Waals surface area (Å²) in [6.07, 6.45) is 0. The number of rotatable bonds is 2. The molecule has 4 heteroatoms. The average Bonchev–Trinajstić information content (AvgIpc) is 2.29. The fourth-order valence-electron chi connectivity index (χ4n) is 1.70. The van der Waals surface area contributed by atoms with E-state index in [0.717, 1.165) is 0 Å². The van der Waals surface area contributed by atoms with Gasteiger partial charge in [-0.25, -0.2) is 4.98 Å². The minimum atomic E-state index is -0.0106. The molecule has 0 spiro atoms. The Hall–Kier alpha value is -1.68. The molecule has 2 N–H and O–H groups in total. The lowest BCUT2D eigenvalue weighted by molar-refractivity contribution is 0.657. The third-order valence-electron chi connectivity index (χ3n) is 2.44. The van der Waals surface area contributed by atoms with Gasteiger partial charge in [0, 0.05) is 6.54 Å². The predicted molar refractivity (Wildman–Crippen MR) is 59.6 cm³/mol. The van der Waals surface area contributed by atoms with E-state index in [1.165, 1.54) is 0 Å². The van der Waals surface area contributed by atoms with Gasteiger partial charge in [-0.1, -0.05) is 12.1 Å². The summed E-state index contributed by atoms with van der Waals surface area (Å²) < 4.78 is 1.61. The van der Waals surface area contributed by atoms with Crippen LogP contribution in [0, 0.1) is 0 Å². The van der Waals surface area contributed by atoms with Gasteiger partial charge in [0.25, 0.3) is 5.56 Å². The van der Waals surface area contributed by atoms with E-state index >= 15 is 0 Å². The third kappa shape index (κ3) is 1.53. The molecule has 0 saturated heterocycles. The van der Waals surface area contributed by atoms with Crippen LogP contribution < -0.4 is 11.3 Å². The molecule has 1 aromatic heterocycles. The van der Waals surface area contributed by atoms with E-state index in [-0.39, 0.29) is 12.1 Å². The van der Waals surface area contributed by atoms with Crippen LogP contribution in [0.2, 0.25) is 0 Å². The van der Waals surface area contributed by atoms with Crippen molar-refractivity contribution in [2.24, 2.45) is 5.73 Å². The zero-order valence-corrected chi connectivity index (χ0v) is 8.60. The van der Waals surface area contributed by atoms with E-state index in [0.29, 0.717) is 23.3 Å². The van der Waals surface area contributed by atoms with Gasteiger partial charge in [-0.3, -0.25) is 9.36 Å². The Morgan fingerprint density at radius 2 is 2.13 bits per heavy atom. The number of fused-ring (bicyclic) bond motifs is 1. The van der Waals surface area contributed by atoms with Crippen LogP contribution >= 0.6 is 0 Å². The lowest BCUT2D eigenvalue weighted by atomic mass is 10.2. The van der Waals surface area contributed by atoms with Crippen LogP contribution in [-0.4, -0.2) is 9.55 Å². The first-order chi connectivity index (χ1) is 7.27. The first-order valence-corrected chi connectivity index (χ1v) is 4.96. The number of hydrogen-bond donors (Lipinski definition) is 1. The van der Waals surface area contributed by atoms with Gasteiger partial charge in [-0.05, 0) is 19.1 Å². The normalized spacial score (nSPS) is 10.8. The molecule has 2 rings (SSSR count). The predicted octanol–water partition coefficient (Wildman–Crippen LogP) is 0.875. The highest BCUT2D eigenvalue weighted by atomic mass is 16.1. The summed E-state index contributed by atoms with van der Waals surface area (Å²) >= 11 is 0. The molecule has 15 heavy (non-hydrogen) atoms. The Labute approximate surface area is 87.4 Å². The Balaban J connectivity index is 2.88. The molecule has 1 aromatic carbocycles. The highest BCUT2D eigenvalue weighted by molar-refractivity contribution is 5.77.